The molecule has 0 bridgehead atoms. The SMILES string of the molecule is c1ccc(Oc2cc3c4c(c2)N(c2ccc5ccccc5c2)c2cc5ccccc5cc2B4c2cc4c(cc2S3)N(c2ccccc2)c2cc(Oc3ccccc3)cc3c2B4c2cc4ccccc4cc2N3c2ccc3ccccc3c2)cc1. The van der Waals surface area contributed by atoms with Crippen molar-refractivity contribution in [3.8, 4) is 23.0 Å². The smallest absolute Gasteiger partial charge is 0.252 e. The lowest BCUT2D eigenvalue weighted by Crippen LogP contribution is -2.64. The topological polar surface area (TPSA) is 28.2 Å². The van der Waals surface area contributed by atoms with E-state index in [-0.39, 0.29) is 13.4 Å². The molecule has 4 aliphatic heterocycles. The van der Waals surface area contributed by atoms with Crippen LogP contribution in [-0.4, -0.2) is 13.4 Å². The molecule has 0 unspecified atom stereocenters. The van der Waals surface area contributed by atoms with Gasteiger partial charge in [-0.15, -0.1) is 0 Å². The van der Waals surface area contributed by atoms with Crippen molar-refractivity contribution >= 4 is 152 Å². The standard InChI is InChI=1S/C76H47B2N3O2S/c1-4-26-56(27-5-1)79-69-47-73-66(78-64-39-53-23-15-17-25-55(53)41-68(64)81(58-35-33-49-19-11-13-21-51(49)37-58)72-44-62(45-74(84-73)76(72)78)83-60-30-8-3-9-31-60)46-65(69)77-63-38-52-22-14-16-24-54(52)40-67(63)80(57-34-32-48-18-10-12-20-50(48)36-57)71-43-61(42-70(79)75(71)77)82-59-28-6-2-7-29-59/h1-47H. The van der Waals surface area contributed by atoms with Gasteiger partial charge in [0.25, 0.3) is 6.71 Å². The molecule has 8 heteroatoms. The lowest BCUT2D eigenvalue weighted by molar-refractivity contribution is 0.481. The second-order valence-corrected chi connectivity index (χ2v) is 23.5. The van der Waals surface area contributed by atoms with Crippen molar-refractivity contribution in [2.75, 3.05) is 14.7 Å². The van der Waals surface area contributed by atoms with Gasteiger partial charge in [0.2, 0.25) is 6.71 Å². The van der Waals surface area contributed by atoms with Gasteiger partial charge in [0.1, 0.15) is 23.0 Å². The van der Waals surface area contributed by atoms with E-state index >= 15 is 0 Å². The Morgan fingerprint density at radius 1 is 0.238 bits per heavy atom. The molecule has 84 heavy (non-hydrogen) atoms. The minimum atomic E-state index is -0.168. The molecule has 5 nitrogen and oxygen atoms in total. The molecule has 14 aromatic carbocycles. The van der Waals surface area contributed by atoms with E-state index < -0.39 is 0 Å². The second-order valence-electron chi connectivity index (χ2n) is 22.4. The summed E-state index contributed by atoms with van der Waals surface area (Å²) in [6.07, 6.45) is 0. The van der Waals surface area contributed by atoms with Crippen LogP contribution in [0.5, 0.6) is 23.0 Å². The predicted octanol–water partition coefficient (Wildman–Crippen LogP) is 16.7. The van der Waals surface area contributed by atoms with Gasteiger partial charge in [0.05, 0.1) is 0 Å². The lowest BCUT2D eigenvalue weighted by atomic mass is 9.31. The molecule has 0 aliphatic carbocycles. The molecule has 0 spiro atoms. The normalized spacial score (nSPS) is 13.3. The van der Waals surface area contributed by atoms with Gasteiger partial charge in [0.15, 0.2) is 0 Å². The second kappa shape index (κ2) is 18.6. The van der Waals surface area contributed by atoms with E-state index in [2.05, 4.69) is 239 Å². The number of nitrogens with zero attached hydrogens (tertiary/aromatic N) is 3. The van der Waals surface area contributed by atoms with Crippen LogP contribution in [0.1, 0.15) is 0 Å². The summed E-state index contributed by atoms with van der Waals surface area (Å²) in [7, 11) is 0. The molecule has 0 N–H and O–H groups in total. The van der Waals surface area contributed by atoms with E-state index in [4.69, 9.17) is 9.47 Å². The van der Waals surface area contributed by atoms with Gasteiger partial charge < -0.3 is 24.2 Å². The Hall–Kier alpha value is -10.4. The van der Waals surface area contributed by atoms with Crippen LogP contribution in [0.4, 0.5) is 51.2 Å². The first-order valence-electron chi connectivity index (χ1n) is 28.8. The monoisotopic (exact) mass is 1090 g/mol. The van der Waals surface area contributed by atoms with E-state index in [9.17, 15) is 0 Å². The molecule has 4 heterocycles. The minimum absolute atomic E-state index is 0.125. The third kappa shape index (κ3) is 7.40. The Balaban J connectivity index is 0.930. The van der Waals surface area contributed by atoms with Crippen LogP contribution in [-0.2, 0) is 0 Å². The number of hydrogen-bond donors (Lipinski definition) is 0. The minimum Gasteiger partial charge on any atom is -0.457 e. The van der Waals surface area contributed by atoms with Gasteiger partial charge in [0, 0.05) is 79.2 Å². The van der Waals surface area contributed by atoms with Gasteiger partial charge in [-0.25, -0.2) is 0 Å². The van der Waals surface area contributed by atoms with Crippen LogP contribution < -0.4 is 57.0 Å². The lowest BCUT2D eigenvalue weighted by Gasteiger charge is -2.45. The van der Waals surface area contributed by atoms with Crippen molar-refractivity contribution < 1.29 is 9.47 Å². The number of para-hydroxylation sites is 3. The Morgan fingerprint density at radius 2 is 0.619 bits per heavy atom. The third-order valence-corrected chi connectivity index (χ3v) is 18.7. The number of benzene rings is 14. The molecule has 18 rings (SSSR count). The zero-order chi connectivity index (χ0) is 55.0. The van der Waals surface area contributed by atoms with Crippen molar-refractivity contribution in [3.05, 3.63) is 285 Å². The first-order chi connectivity index (χ1) is 41.6. The van der Waals surface area contributed by atoms with Crippen molar-refractivity contribution in [2.45, 2.75) is 9.79 Å². The molecule has 0 aromatic heterocycles. The number of anilines is 9. The number of hydrogen-bond acceptors (Lipinski definition) is 6. The van der Waals surface area contributed by atoms with Gasteiger partial charge in [-0.2, -0.15) is 0 Å². The number of fused-ring (bicyclic) bond motifs is 12. The van der Waals surface area contributed by atoms with Crippen molar-refractivity contribution in [3.63, 3.8) is 0 Å². The third-order valence-electron chi connectivity index (χ3n) is 17.6. The molecular formula is C76H47B2N3O2S. The highest BCUT2D eigenvalue weighted by atomic mass is 32.2. The van der Waals surface area contributed by atoms with Crippen LogP contribution in [0.15, 0.2) is 295 Å². The van der Waals surface area contributed by atoms with Crippen LogP contribution in [0.2, 0.25) is 0 Å². The van der Waals surface area contributed by atoms with Gasteiger partial charge in [-0.1, -0.05) is 199 Å². The summed E-state index contributed by atoms with van der Waals surface area (Å²) in [5.74, 6) is 3.12. The van der Waals surface area contributed by atoms with Crippen LogP contribution in [0, 0.1) is 0 Å². The van der Waals surface area contributed by atoms with E-state index in [1.165, 1.54) is 85.7 Å². The highest BCUT2D eigenvalue weighted by Gasteiger charge is 2.48. The van der Waals surface area contributed by atoms with Crippen molar-refractivity contribution in [1.29, 1.82) is 0 Å². The zero-order valence-electron chi connectivity index (χ0n) is 45.4. The van der Waals surface area contributed by atoms with Crippen LogP contribution in [0.25, 0.3) is 43.1 Å². The van der Waals surface area contributed by atoms with E-state index in [1.54, 1.807) is 0 Å². The van der Waals surface area contributed by atoms with E-state index in [1.807, 2.05) is 72.4 Å². The fourth-order valence-electron chi connectivity index (χ4n) is 14.0. The predicted molar refractivity (Wildman–Crippen MR) is 353 cm³/mol. The average Bonchev–Trinajstić information content (AvgIpc) is 0.837. The molecule has 0 amide bonds. The maximum Gasteiger partial charge on any atom is 0.252 e. The zero-order valence-corrected chi connectivity index (χ0v) is 46.2. The van der Waals surface area contributed by atoms with E-state index in [0.717, 1.165) is 74.2 Å². The molecule has 390 valence electrons. The fraction of sp³-hybridized carbons (Fsp3) is 0. The van der Waals surface area contributed by atoms with E-state index in [0.29, 0.717) is 0 Å². The molecular weight excluding hydrogens is 1040 g/mol. The van der Waals surface area contributed by atoms with Crippen molar-refractivity contribution in [1.82, 2.24) is 0 Å². The molecule has 0 saturated carbocycles. The van der Waals surface area contributed by atoms with Gasteiger partial charge in [-0.3, -0.25) is 0 Å². The molecule has 0 radical (unpaired) electrons. The summed E-state index contributed by atoms with van der Waals surface area (Å²) in [5.41, 5.74) is 17.6. The summed E-state index contributed by atoms with van der Waals surface area (Å²) in [6, 6.07) is 104. The largest absolute Gasteiger partial charge is 0.457 e. The summed E-state index contributed by atoms with van der Waals surface area (Å²) in [5, 5.41) is 9.59. The number of rotatable bonds is 7. The average molecular weight is 1090 g/mol. The molecule has 0 atom stereocenters. The highest BCUT2D eigenvalue weighted by molar-refractivity contribution is 8.00. The molecule has 0 fully saturated rings. The first-order valence-corrected chi connectivity index (χ1v) is 29.6. The Bertz CT molecular complexity index is 5060. The molecule has 14 aromatic rings. The Morgan fingerprint density at radius 3 is 1.13 bits per heavy atom. The summed E-state index contributed by atoms with van der Waals surface area (Å²) >= 11 is 1.85. The maximum atomic E-state index is 7.01. The van der Waals surface area contributed by atoms with Crippen LogP contribution >= 0.6 is 11.8 Å². The fourth-order valence-corrected chi connectivity index (χ4v) is 15.2. The van der Waals surface area contributed by atoms with Gasteiger partial charge in [-0.05, 0) is 155 Å². The Labute approximate surface area is 491 Å². The number of ether oxygens (including phenoxy) is 2. The molecule has 0 saturated heterocycles. The Kier molecular flexibility index (Phi) is 10.4. The van der Waals surface area contributed by atoms with Crippen molar-refractivity contribution in [2.24, 2.45) is 0 Å². The van der Waals surface area contributed by atoms with Gasteiger partial charge >= 0.3 is 0 Å². The maximum absolute atomic E-state index is 7.01. The van der Waals surface area contributed by atoms with Crippen LogP contribution in [0.3, 0.4) is 0 Å². The summed E-state index contributed by atoms with van der Waals surface area (Å²) in [4.78, 5) is 9.90. The summed E-state index contributed by atoms with van der Waals surface area (Å²) < 4.78 is 13.9. The highest BCUT2D eigenvalue weighted by Crippen LogP contribution is 2.50. The molecule has 4 aliphatic rings. The quantitative estimate of drug-likeness (QED) is 0.148. The first kappa shape index (κ1) is 47.3. The summed E-state index contributed by atoms with van der Waals surface area (Å²) in [6.45, 7) is -0.293.